The van der Waals surface area contributed by atoms with Gasteiger partial charge >= 0.3 is 0 Å². The number of carbonyl (C=O) groups excluding carboxylic acids is 1. The maximum Gasteiger partial charge on any atom is 0.256 e. The predicted molar refractivity (Wildman–Crippen MR) is 82.8 cm³/mol. The van der Waals surface area contributed by atoms with Crippen molar-refractivity contribution in [2.75, 3.05) is 20.3 Å². The Morgan fingerprint density at radius 1 is 1.50 bits per heavy atom. The zero-order valence-corrected chi connectivity index (χ0v) is 13.5. The molecule has 0 aromatic carbocycles. The number of nitrogens with one attached hydrogen (secondary N) is 1. The number of aryl methyl sites for hydroxylation is 3. The highest BCUT2D eigenvalue weighted by molar-refractivity contribution is 5.95. The first-order valence-electron chi connectivity index (χ1n) is 7.46. The van der Waals surface area contributed by atoms with Crippen LogP contribution in [0.2, 0.25) is 0 Å². The molecule has 0 saturated carbocycles. The van der Waals surface area contributed by atoms with Crippen LogP contribution in [0.5, 0.6) is 0 Å². The number of nitrogens with zero attached hydrogens (tertiary/aromatic N) is 3. The highest BCUT2D eigenvalue weighted by Gasteiger charge is 2.31. The van der Waals surface area contributed by atoms with Crippen LogP contribution in [0, 0.1) is 13.8 Å². The molecule has 0 saturated heterocycles. The second-order valence-corrected chi connectivity index (χ2v) is 6.00. The number of rotatable bonds is 3. The molecule has 3 heterocycles. The smallest absolute Gasteiger partial charge is 0.256 e. The average molecular weight is 302 g/mol. The summed E-state index contributed by atoms with van der Waals surface area (Å²) in [4.78, 5) is 18.0. The minimum absolute atomic E-state index is 0.0646. The Kier molecular flexibility index (Phi) is 3.78. The highest BCUT2D eigenvalue weighted by atomic mass is 16.5. The summed E-state index contributed by atoms with van der Waals surface area (Å²) in [6.07, 6.45) is 1.90. The molecule has 1 aliphatic rings. The number of H-pyrrole nitrogens is 1. The van der Waals surface area contributed by atoms with Crippen LogP contribution in [0.1, 0.15) is 38.9 Å². The van der Waals surface area contributed by atoms with Gasteiger partial charge in [0, 0.05) is 43.6 Å². The second kappa shape index (κ2) is 5.61. The van der Waals surface area contributed by atoms with E-state index in [9.17, 15) is 4.79 Å². The van der Waals surface area contributed by atoms with Crippen molar-refractivity contribution in [1.29, 1.82) is 0 Å². The van der Waals surface area contributed by atoms with Crippen molar-refractivity contribution in [3.63, 3.8) is 0 Å². The number of methoxy groups -OCH3 is 1. The van der Waals surface area contributed by atoms with Crippen molar-refractivity contribution in [3.8, 4) is 0 Å². The molecule has 6 nitrogen and oxygen atoms in total. The molecule has 22 heavy (non-hydrogen) atoms. The third kappa shape index (κ3) is 2.43. The first kappa shape index (κ1) is 14.8. The lowest BCUT2D eigenvalue weighted by Crippen LogP contribution is -2.40. The lowest BCUT2D eigenvalue weighted by Gasteiger charge is -2.32. The van der Waals surface area contributed by atoms with Gasteiger partial charge in [0.1, 0.15) is 0 Å². The summed E-state index contributed by atoms with van der Waals surface area (Å²) >= 11 is 0. The van der Waals surface area contributed by atoms with E-state index in [4.69, 9.17) is 4.74 Å². The normalized spacial score (nSPS) is 17.6. The zero-order valence-electron chi connectivity index (χ0n) is 13.5. The summed E-state index contributed by atoms with van der Waals surface area (Å²) < 4.78 is 7.18. The van der Waals surface area contributed by atoms with Crippen LogP contribution < -0.4 is 0 Å². The summed E-state index contributed by atoms with van der Waals surface area (Å²) in [5, 5.41) is 4.34. The summed E-state index contributed by atoms with van der Waals surface area (Å²) in [5.74, 6) is 0.238. The van der Waals surface area contributed by atoms with Crippen molar-refractivity contribution in [1.82, 2.24) is 19.7 Å². The molecule has 1 atom stereocenters. The standard InChI is InChI=1S/C16H22N4O2/c1-10-5-13(11(2)18-10)16(21)20-7-12(9-22-4)14-6-17-19(3)15(14)8-20/h5-6,12,18H,7-9H2,1-4H3/t12-/m1/s1. The van der Waals surface area contributed by atoms with Crippen LogP contribution in [0.25, 0.3) is 0 Å². The highest BCUT2D eigenvalue weighted by Crippen LogP contribution is 2.29. The van der Waals surface area contributed by atoms with Crippen LogP contribution in [0.4, 0.5) is 0 Å². The molecular formula is C16H22N4O2. The van der Waals surface area contributed by atoms with Gasteiger partial charge in [0.2, 0.25) is 0 Å². The van der Waals surface area contributed by atoms with E-state index < -0.39 is 0 Å². The Balaban J connectivity index is 1.91. The molecule has 3 rings (SSSR count). The van der Waals surface area contributed by atoms with Crippen LogP contribution in [-0.4, -0.2) is 45.8 Å². The number of amides is 1. The van der Waals surface area contributed by atoms with Crippen molar-refractivity contribution in [3.05, 3.63) is 40.5 Å². The van der Waals surface area contributed by atoms with Gasteiger partial charge in [0.05, 0.1) is 30.6 Å². The number of aromatic amines is 1. The second-order valence-electron chi connectivity index (χ2n) is 6.00. The van der Waals surface area contributed by atoms with E-state index in [2.05, 4.69) is 10.1 Å². The van der Waals surface area contributed by atoms with Crippen molar-refractivity contribution >= 4 is 5.91 Å². The van der Waals surface area contributed by atoms with Gasteiger partial charge in [-0.05, 0) is 19.9 Å². The van der Waals surface area contributed by atoms with E-state index in [1.54, 1.807) is 7.11 Å². The number of hydrogen-bond donors (Lipinski definition) is 1. The van der Waals surface area contributed by atoms with E-state index in [-0.39, 0.29) is 11.8 Å². The van der Waals surface area contributed by atoms with Gasteiger partial charge in [-0.1, -0.05) is 0 Å². The fourth-order valence-corrected chi connectivity index (χ4v) is 3.24. The molecule has 2 aromatic heterocycles. The third-order valence-electron chi connectivity index (χ3n) is 4.35. The maximum atomic E-state index is 12.9. The van der Waals surface area contributed by atoms with Crippen LogP contribution in [0.3, 0.4) is 0 Å². The Morgan fingerprint density at radius 2 is 2.27 bits per heavy atom. The number of ether oxygens (including phenoxy) is 1. The summed E-state index contributed by atoms with van der Waals surface area (Å²) in [5.41, 5.74) is 4.95. The van der Waals surface area contributed by atoms with Gasteiger partial charge in [-0.15, -0.1) is 0 Å². The Bertz CT molecular complexity index is 701. The quantitative estimate of drug-likeness (QED) is 0.939. The Labute approximate surface area is 130 Å². The van der Waals surface area contributed by atoms with Gasteiger partial charge < -0.3 is 14.6 Å². The minimum atomic E-state index is 0.0646. The number of fused-ring (bicyclic) bond motifs is 1. The van der Waals surface area contributed by atoms with Crippen molar-refractivity contribution in [2.24, 2.45) is 7.05 Å². The lowest BCUT2D eigenvalue weighted by molar-refractivity contribution is 0.0674. The Hall–Kier alpha value is -2.08. The fourth-order valence-electron chi connectivity index (χ4n) is 3.24. The SMILES string of the molecule is COC[C@H]1CN(C(=O)c2cc(C)[nH]c2C)Cc2c1cnn2C. The molecule has 0 unspecified atom stereocenters. The van der Waals surface area contributed by atoms with E-state index in [0.717, 1.165) is 22.6 Å². The van der Waals surface area contributed by atoms with E-state index >= 15 is 0 Å². The van der Waals surface area contributed by atoms with Gasteiger partial charge in [-0.3, -0.25) is 9.48 Å². The molecule has 1 N–H and O–H groups in total. The van der Waals surface area contributed by atoms with Gasteiger partial charge in [0.25, 0.3) is 5.91 Å². The summed E-state index contributed by atoms with van der Waals surface area (Å²) in [6, 6.07) is 1.92. The predicted octanol–water partition coefficient (Wildman–Crippen LogP) is 1.75. The fraction of sp³-hybridized carbons (Fsp3) is 0.500. The van der Waals surface area contributed by atoms with Gasteiger partial charge in [0.15, 0.2) is 0 Å². The molecule has 0 bridgehead atoms. The molecule has 2 aromatic rings. The summed E-state index contributed by atoms with van der Waals surface area (Å²) in [6.45, 7) is 5.75. The van der Waals surface area contributed by atoms with Crippen LogP contribution in [0.15, 0.2) is 12.3 Å². The monoisotopic (exact) mass is 302 g/mol. The third-order valence-corrected chi connectivity index (χ3v) is 4.35. The molecule has 1 aliphatic heterocycles. The van der Waals surface area contributed by atoms with Crippen molar-refractivity contribution < 1.29 is 9.53 Å². The van der Waals surface area contributed by atoms with Gasteiger partial charge in [-0.25, -0.2) is 0 Å². The van der Waals surface area contributed by atoms with E-state index in [1.165, 1.54) is 5.56 Å². The van der Waals surface area contributed by atoms with Gasteiger partial charge in [-0.2, -0.15) is 5.10 Å². The molecule has 6 heteroatoms. The molecule has 0 fully saturated rings. The maximum absolute atomic E-state index is 12.9. The zero-order chi connectivity index (χ0) is 15.9. The van der Waals surface area contributed by atoms with E-state index in [0.29, 0.717) is 19.7 Å². The largest absolute Gasteiger partial charge is 0.384 e. The lowest BCUT2D eigenvalue weighted by atomic mass is 9.95. The molecule has 0 spiro atoms. The summed E-state index contributed by atoms with van der Waals surface area (Å²) in [7, 11) is 3.61. The molecular weight excluding hydrogens is 280 g/mol. The number of carbonyl (C=O) groups is 1. The molecule has 0 radical (unpaired) electrons. The molecule has 118 valence electrons. The number of aromatic nitrogens is 3. The first-order chi connectivity index (χ1) is 10.5. The Morgan fingerprint density at radius 3 is 2.91 bits per heavy atom. The molecule has 1 amide bonds. The van der Waals surface area contributed by atoms with Crippen LogP contribution >= 0.6 is 0 Å². The number of hydrogen-bond acceptors (Lipinski definition) is 3. The topological polar surface area (TPSA) is 63.1 Å². The van der Waals surface area contributed by atoms with E-state index in [1.807, 2.05) is 42.7 Å². The van der Waals surface area contributed by atoms with Crippen LogP contribution in [-0.2, 0) is 18.3 Å². The molecule has 0 aliphatic carbocycles. The minimum Gasteiger partial charge on any atom is -0.384 e. The van der Waals surface area contributed by atoms with Crippen molar-refractivity contribution in [2.45, 2.75) is 26.3 Å². The first-order valence-corrected chi connectivity index (χ1v) is 7.46. The average Bonchev–Trinajstić information content (AvgIpc) is 3.01.